The number of imidazole rings is 1. The van der Waals surface area contributed by atoms with Crippen molar-refractivity contribution in [2.45, 2.75) is 58.0 Å². The fraction of sp³-hybridized carbons (Fsp3) is 0.429. The molecule has 0 spiro atoms. The zero-order valence-electron chi connectivity index (χ0n) is 23.1. The highest BCUT2D eigenvalue weighted by Crippen LogP contribution is 2.38. The molecule has 3 N–H and O–H groups in total. The van der Waals surface area contributed by atoms with Crippen molar-refractivity contribution in [1.82, 2.24) is 34.6 Å². The van der Waals surface area contributed by atoms with Gasteiger partial charge in [-0.25, -0.2) is 14.8 Å². The van der Waals surface area contributed by atoms with Crippen molar-refractivity contribution in [3.05, 3.63) is 46.7 Å². The number of nitrogens with one attached hydrogen (secondary N) is 3. The molecule has 0 bridgehead atoms. The summed E-state index contributed by atoms with van der Waals surface area (Å²) >= 11 is 6.36. The van der Waals surface area contributed by atoms with Gasteiger partial charge in [-0.1, -0.05) is 22.8 Å². The summed E-state index contributed by atoms with van der Waals surface area (Å²) in [6.07, 6.45) is 11.0. The minimum absolute atomic E-state index is 0.0105. The molecule has 0 amide bonds. The smallest absolute Gasteiger partial charge is 0.428 e. The SMILES string of the molecule is C=C[C@H]1CC[C@H](Cn2c(N3CCCC3C(=N)OC(C)=N)nc3nc(-c4noc(=O)[nH]4)nc(-c4cncc(Cl)c4)c32)CC1. The van der Waals surface area contributed by atoms with Crippen LogP contribution in [0.5, 0.6) is 0 Å². The number of hydrogen-bond acceptors (Lipinski definition) is 11. The van der Waals surface area contributed by atoms with Crippen LogP contribution in [0.4, 0.5) is 5.95 Å². The van der Waals surface area contributed by atoms with Crippen molar-refractivity contribution >= 4 is 40.5 Å². The number of nitrogens with zero attached hydrogens (tertiary/aromatic N) is 7. The monoisotopic (exact) mass is 590 g/mol. The van der Waals surface area contributed by atoms with Crippen molar-refractivity contribution in [1.29, 1.82) is 10.8 Å². The number of allylic oxidation sites excluding steroid dienone is 1. The predicted octanol–water partition coefficient (Wildman–Crippen LogP) is 4.84. The van der Waals surface area contributed by atoms with E-state index in [0.717, 1.165) is 32.1 Å². The van der Waals surface area contributed by atoms with E-state index >= 15 is 0 Å². The third-order valence-corrected chi connectivity index (χ3v) is 8.16. The van der Waals surface area contributed by atoms with E-state index in [9.17, 15) is 4.79 Å². The highest BCUT2D eigenvalue weighted by Gasteiger charge is 2.35. The fourth-order valence-electron chi connectivity index (χ4n) is 5.97. The van der Waals surface area contributed by atoms with E-state index < -0.39 is 5.76 Å². The van der Waals surface area contributed by atoms with Crippen molar-refractivity contribution < 1.29 is 9.26 Å². The summed E-state index contributed by atoms with van der Waals surface area (Å²) in [4.78, 5) is 35.2. The maximum Gasteiger partial charge on any atom is 0.439 e. The molecule has 2 aliphatic rings. The summed E-state index contributed by atoms with van der Waals surface area (Å²) in [5.74, 6) is 1.02. The molecule has 1 unspecified atom stereocenters. The van der Waals surface area contributed by atoms with Gasteiger partial charge in [0.2, 0.25) is 23.5 Å². The summed E-state index contributed by atoms with van der Waals surface area (Å²) in [5, 5.41) is 20.6. The number of ether oxygens (including phenoxy) is 1. The molecule has 1 saturated carbocycles. The van der Waals surface area contributed by atoms with E-state index in [4.69, 9.17) is 46.6 Å². The molecule has 2 fully saturated rings. The van der Waals surface area contributed by atoms with Gasteiger partial charge in [-0.05, 0) is 56.4 Å². The summed E-state index contributed by atoms with van der Waals surface area (Å²) in [6, 6.07) is 1.39. The van der Waals surface area contributed by atoms with Crippen LogP contribution in [0.15, 0.2) is 40.4 Å². The molecule has 14 heteroatoms. The number of aromatic amines is 1. The van der Waals surface area contributed by atoms with Gasteiger partial charge in [-0.2, -0.15) is 4.98 Å². The van der Waals surface area contributed by atoms with Crippen LogP contribution in [0.25, 0.3) is 34.1 Å². The molecule has 218 valence electrons. The van der Waals surface area contributed by atoms with Crippen molar-refractivity contribution in [2.24, 2.45) is 11.8 Å². The Balaban J connectivity index is 1.55. The van der Waals surface area contributed by atoms with Crippen molar-refractivity contribution in [3.8, 4) is 22.9 Å². The van der Waals surface area contributed by atoms with Crippen LogP contribution in [0, 0.1) is 22.7 Å². The standard InChI is InChI=1S/C28H31ClN10O3/c1-3-16-6-8-17(9-7-16)14-39-22-21(18-11-19(29)13-32-12-18)33-25(26-36-28(40)42-37-26)34-24(22)35-27(39)38-10-4-5-20(38)23(31)41-15(2)30/h3,11-13,16-17,20,30-31H,1,4-10,14H2,2H3,(H,36,37,40)/t16-,17-,20?. The molecule has 0 aromatic carbocycles. The number of hydrogen-bond donors (Lipinski definition) is 3. The lowest BCUT2D eigenvalue weighted by atomic mass is 9.82. The lowest BCUT2D eigenvalue weighted by Gasteiger charge is -2.30. The molecule has 42 heavy (non-hydrogen) atoms. The highest BCUT2D eigenvalue weighted by molar-refractivity contribution is 6.30. The van der Waals surface area contributed by atoms with Gasteiger partial charge < -0.3 is 14.2 Å². The molecule has 5 heterocycles. The molecule has 0 radical (unpaired) electrons. The van der Waals surface area contributed by atoms with Gasteiger partial charge in [0.05, 0.1) is 5.02 Å². The molecule has 4 aromatic rings. The number of pyridine rings is 1. The maximum absolute atomic E-state index is 11.8. The molecule has 1 aliphatic heterocycles. The maximum atomic E-state index is 11.8. The first kappa shape index (κ1) is 27.8. The van der Waals surface area contributed by atoms with Crippen LogP contribution >= 0.6 is 11.6 Å². The van der Waals surface area contributed by atoms with Crippen LogP contribution < -0.4 is 10.7 Å². The largest absolute Gasteiger partial charge is 0.439 e. The normalized spacial score (nSPS) is 20.6. The molecular weight excluding hydrogens is 560 g/mol. The van der Waals surface area contributed by atoms with Gasteiger partial charge in [-0.15, -0.1) is 6.58 Å². The molecular formula is C28H31ClN10O3. The van der Waals surface area contributed by atoms with Crippen LogP contribution in [0.1, 0.15) is 45.4 Å². The Hall–Kier alpha value is -4.39. The first-order valence-corrected chi connectivity index (χ1v) is 14.3. The number of anilines is 1. The lowest BCUT2D eigenvalue weighted by Crippen LogP contribution is -2.39. The molecule has 1 saturated heterocycles. The number of H-pyrrole nitrogens is 1. The first-order chi connectivity index (χ1) is 20.3. The molecule has 13 nitrogen and oxygen atoms in total. The van der Waals surface area contributed by atoms with Gasteiger partial charge in [0.15, 0.2) is 11.5 Å². The first-order valence-electron chi connectivity index (χ1n) is 14.0. The number of rotatable bonds is 7. The van der Waals surface area contributed by atoms with Crippen LogP contribution in [0.3, 0.4) is 0 Å². The summed E-state index contributed by atoms with van der Waals surface area (Å²) in [7, 11) is 0. The van der Waals surface area contributed by atoms with Gasteiger partial charge in [-0.3, -0.25) is 25.3 Å². The zero-order valence-corrected chi connectivity index (χ0v) is 23.9. The molecule has 4 aromatic heterocycles. The number of aromatic nitrogens is 7. The van der Waals surface area contributed by atoms with E-state index in [0.29, 0.717) is 64.7 Å². The predicted molar refractivity (Wildman–Crippen MR) is 158 cm³/mol. The van der Waals surface area contributed by atoms with E-state index in [1.54, 1.807) is 18.5 Å². The van der Waals surface area contributed by atoms with Crippen LogP contribution in [-0.2, 0) is 11.3 Å². The van der Waals surface area contributed by atoms with E-state index in [2.05, 4.69) is 31.2 Å². The minimum Gasteiger partial charge on any atom is -0.428 e. The summed E-state index contributed by atoms with van der Waals surface area (Å²) < 4.78 is 12.3. The second kappa shape index (κ2) is 11.5. The Kier molecular flexibility index (Phi) is 7.58. The third-order valence-electron chi connectivity index (χ3n) is 7.95. The molecule has 1 atom stereocenters. The second-order valence-corrected chi connectivity index (χ2v) is 11.3. The second-order valence-electron chi connectivity index (χ2n) is 10.8. The average Bonchev–Trinajstić information content (AvgIpc) is 3.71. The van der Waals surface area contributed by atoms with Crippen LogP contribution in [0.2, 0.25) is 5.02 Å². The Morgan fingerprint density at radius 3 is 2.71 bits per heavy atom. The zero-order chi connectivity index (χ0) is 29.4. The van der Waals surface area contributed by atoms with Gasteiger partial charge >= 0.3 is 5.76 Å². The topological polar surface area (TPSA) is 176 Å². The number of fused-ring (bicyclic) bond motifs is 1. The average molecular weight is 591 g/mol. The lowest BCUT2D eigenvalue weighted by molar-refractivity contribution is 0.284. The fourth-order valence-corrected chi connectivity index (χ4v) is 6.14. The Bertz CT molecular complexity index is 1720. The molecule has 6 rings (SSSR count). The van der Waals surface area contributed by atoms with E-state index in [-0.39, 0.29) is 29.5 Å². The van der Waals surface area contributed by atoms with Crippen molar-refractivity contribution in [3.63, 3.8) is 0 Å². The van der Waals surface area contributed by atoms with Gasteiger partial charge in [0.1, 0.15) is 17.3 Å². The van der Waals surface area contributed by atoms with Crippen molar-refractivity contribution in [2.75, 3.05) is 11.4 Å². The van der Waals surface area contributed by atoms with Gasteiger partial charge in [0.25, 0.3) is 0 Å². The molecule has 1 aliphatic carbocycles. The Labute approximate surface area is 246 Å². The van der Waals surface area contributed by atoms with E-state index in [1.165, 1.54) is 6.92 Å². The Morgan fingerprint density at radius 1 is 1.21 bits per heavy atom. The number of halogens is 1. The van der Waals surface area contributed by atoms with Crippen LogP contribution in [-0.4, -0.2) is 59.0 Å². The quantitative estimate of drug-likeness (QED) is 0.154. The van der Waals surface area contributed by atoms with E-state index in [1.807, 2.05) is 6.08 Å². The summed E-state index contributed by atoms with van der Waals surface area (Å²) in [6.45, 7) is 6.83. The third kappa shape index (κ3) is 5.43. The highest BCUT2D eigenvalue weighted by atomic mass is 35.5. The summed E-state index contributed by atoms with van der Waals surface area (Å²) in [5.41, 5.74) is 2.27. The Morgan fingerprint density at radius 2 is 2.02 bits per heavy atom. The van der Waals surface area contributed by atoms with Gasteiger partial charge in [0, 0.05) is 38.0 Å². The minimum atomic E-state index is -0.721.